The highest BCUT2D eigenvalue weighted by atomic mass is 16.5. The van der Waals surface area contributed by atoms with Crippen LogP contribution in [0, 0.1) is 0 Å². The molecule has 1 aliphatic rings. The van der Waals surface area contributed by atoms with E-state index in [0.29, 0.717) is 18.7 Å². The summed E-state index contributed by atoms with van der Waals surface area (Å²) in [6.07, 6.45) is 0.693. The Labute approximate surface area is 164 Å². The summed E-state index contributed by atoms with van der Waals surface area (Å²) < 4.78 is 5.26. The monoisotopic (exact) mass is 380 g/mol. The highest BCUT2D eigenvalue weighted by molar-refractivity contribution is 6.36. The molecule has 1 aliphatic heterocycles. The highest BCUT2D eigenvalue weighted by Gasteiger charge is 2.37. The van der Waals surface area contributed by atoms with Crippen LogP contribution >= 0.6 is 0 Å². The van der Waals surface area contributed by atoms with E-state index in [1.54, 1.807) is 25.0 Å². The molecular formula is C22H24N2O4. The van der Waals surface area contributed by atoms with Crippen LogP contribution in [0.3, 0.4) is 0 Å². The summed E-state index contributed by atoms with van der Waals surface area (Å²) in [4.78, 5) is 40.5. The van der Waals surface area contributed by atoms with Gasteiger partial charge in [-0.3, -0.25) is 14.4 Å². The Kier molecular flexibility index (Phi) is 6.09. The summed E-state index contributed by atoms with van der Waals surface area (Å²) in [7, 11) is 1.58. The number of amides is 2. The van der Waals surface area contributed by atoms with E-state index in [-0.39, 0.29) is 24.9 Å². The Morgan fingerprint density at radius 1 is 1.11 bits per heavy atom. The van der Waals surface area contributed by atoms with Crippen LogP contribution in [0.4, 0.5) is 5.69 Å². The number of ketones is 1. The van der Waals surface area contributed by atoms with Gasteiger partial charge in [-0.05, 0) is 24.1 Å². The number of Topliss-reactive ketones (excluding diaryl/α,β-unsaturated/α-hetero) is 1. The van der Waals surface area contributed by atoms with Crippen LogP contribution in [0.5, 0.6) is 5.75 Å². The lowest BCUT2D eigenvalue weighted by Gasteiger charge is -2.41. The first kappa shape index (κ1) is 19.6. The fourth-order valence-electron chi connectivity index (χ4n) is 3.41. The molecule has 1 fully saturated rings. The van der Waals surface area contributed by atoms with Crippen LogP contribution in [0.1, 0.15) is 18.9 Å². The van der Waals surface area contributed by atoms with Crippen LogP contribution in [0.15, 0.2) is 54.6 Å². The number of carbonyl (C=O) groups excluding carboxylic acids is 3. The SMILES string of the molecule is CCC(=O)C(=O)N1CC(=O)N(c2cccc(OC)c2)C[C@@H]1Cc1ccccc1. The van der Waals surface area contributed by atoms with E-state index in [1.807, 2.05) is 48.5 Å². The summed E-state index contributed by atoms with van der Waals surface area (Å²) in [5.74, 6) is -0.609. The standard InChI is InChI=1S/C22H24N2O4/c1-3-20(25)22(27)24-15-21(26)23(17-10-7-11-19(13-17)28-2)14-18(24)12-16-8-5-4-6-9-16/h4-11,13,18H,3,12,14-15H2,1-2H3/t18-/m0/s1. The van der Waals surface area contributed by atoms with E-state index in [9.17, 15) is 14.4 Å². The Hall–Kier alpha value is -3.15. The van der Waals surface area contributed by atoms with Gasteiger partial charge in [0.05, 0.1) is 13.2 Å². The van der Waals surface area contributed by atoms with Crippen LogP contribution in [-0.4, -0.2) is 48.7 Å². The topological polar surface area (TPSA) is 66.9 Å². The third-order valence-electron chi connectivity index (χ3n) is 4.94. The molecular weight excluding hydrogens is 356 g/mol. The average molecular weight is 380 g/mol. The number of rotatable bonds is 6. The number of piperazine rings is 1. The van der Waals surface area contributed by atoms with Gasteiger partial charge in [-0.25, -0.2) is 0 Å². The maximum absolute atomic E-state index is 12.8. The normalized spacial score (nSPS) is 16.8. The smallest absolute Gasteiger partial charge is 0.290 e. The van der Waals surface area contributed by atoms with E-state index in [0.717, 1.165) is 11.3 Å². The van der Waals surface area contributed by atoms with E-state index < -0.39 is 11.7 Å². The molecule has 1 saturated heterocycles. The molecule has 2 aromatic rings. The molecule has 1 atom stereocenters. The van der Waals surface area contributed by atoms with Crippen molar-refractivity contribution in [2.24, 2.45) is 0 Å². The van der Waals surface area contributed by atoms with Crippen molar-refractivity contribution < 1.29 is 19.1 Å². The van der Waals surface area contributed by atoms with Crippen molar-refractivity contribution in [3.63, 3.8) is 0 Å². The zero-order valence-corrected chi connectivity index (χ0v) is 16.1. The summed E-state index contributed by atoms with van der Waals surface area (Å²) in [6, 6.07) is 16.8. The molecule has 6 nitrogen and oxygen atoms in total. The largest absolute Gasteiger partial charge is 0.497 e. The summed E-state index contributed by atoms with van der Waals surface area (Å²) >= 11 is 0. The molecule has 0 radical (unpaired) electrons. The van der Waals surface area contributed by atoms with Gasteiger partial charge in [0.25, 0.3) is 5.91 Å². The molecule has 0 aromatic heterocycles. The van der Waals surface area contributed by atoms with Crippen LogP contribution in [0.2, 0.25) is 0 Å². The molecule has 0 N–H and O–H groups in total. The fraction of sp³-hybridized carbons (Fsp3) is 0.318. The van der Waals surface area contributed by atoms with E-state index >= 15 is 0 Å². The molecule has 28 heavy (non-hydrogen) atoms. The van der Waals surface area contributed by atoms with E-state index in [2.05, 4.69) is 0 Å². The van der Waals surface area contributed by atoms with Crippen LogP contribution in [-0.2, 0) is 20.8 Å². The average Bonchev–Trinajstić information content (AvgIpc) is 2.74. The molecule has 3 rings (SSSR count). The van der Waals surface area contributed by atoms with Crippen molar-refractivity contribution in [2.45, 2.75) is 25.8 Å². The van der Waals surface area contributed by atoms with Gasteiger partial charge in [0.1, 0.15) is 12.3 Å². The predicted molar refractivity (Wildman–Crippen MR) is 106 cm³/mol. The number of methoxy groups -OCH3 is 1. The van der Waals surface area contributed by atoms with Crippen molar-refractivity contribution in [1.82, 2.24) is 4.90 Å². The maximum Gasteiger partial charge on any atom is 0.290 e. The first-order valence-electron chi connectivity index (χ1n) is 9.35. The summed E-state index contributed by atoms with van der Waals surface area (Å²) in [5.41, 5.74) is 1.77. The van der Waals surface area contributed by atoms with Gasteiger partial charge < -0.3 is 14.5 Å². The summed E-state index contributed by atoms with van der Waals surface area (Å²) in [5, 5.41) is 0. The van der Waals surface area contributed by atoms with Gasteiger partial charge in [0, 0.05) is 24.7 Å². The molecule has 0 bridgehead atoms. The first-order valence-corrected chi connectivity index (χ1v) is 9.35. The Bertz CT molecular complexity index is 866. The fourth-order valence-corrected chi connectivity index (χ4v) is 3.41. The second-order valence-corrected chi connectivity index (χ2v) is 6.76. The summed E-state index contributed by atoms with van der Waals surface area (Å²) in [6.45, 7) is 1.86. The highest BCUT2D eigenvalue weighted by Crippen LogP contribution is 2.26. The number of hydrogen-bond acceptors (Lipinski definition) is 4. The third-order valence-corrected chi connectivity index (χ3v) is 4.94. The second kappa shape index (κ2) is 8.69. The van der Waals surface area contributed by atoms with Crippen LogP contribution < -0.4 is 9.64 Å². The lowest BCUT2D eigenvalue weighted by molar-refractivity contribution is -0.148. The number of hydrogen-bond donors (Lipinski definition) is 0. The zero-order valence-electron chi connectivity index (χ0n) is 16.1. The molecule has 0 unspecified atom stereocenters. The van der Waals surface area contributed by atoms with Crippen molar-refractivity contribution in [3.05, 3.63) is 60.2 Å². The molecule has 0 spiro atoms. The lowest BCUT2D eigenvalue weighted by Crippen LogP contribution is -2.60. The quantitative estimate of drug-likeness (QED) is 0.722. The number of carbonyl (C=O) groups is 3. The van der Waals surface area contributed by atoms with Gasteiger partial charge in [-0.2, -0.15) is 0 Å². The van der Waals surface area contributed by atoms with Crippen molar-refractivity contribution in [3.8, 4) is 5.75 Å². The van der Waals surface area contributed by atoms with Crippen molar-refractivity contribution in [1.29, 1.82) is 0 Å². The Morgan fingerprint density at radius 2 is 1.86 bits per heavy atom. The molecule has 146 valence electrons. The van der Waals surface area contributed by atoms with Gasteiger partial charge >= 0.3 is 0 Å². The first-order chi connectivity index (χ1) is 13.5. The maximum atomic E-state index is 12.8. The van der Waals surface area contributed by atoms with Crippen molar-refractivity contribution >= 4 is 23.3 Å². The molecule has 2 amide bonds. The molecule has 0 saturated carbocycles. The minimum atomic E-state index is -0.581. The number of anilines is 1. The minimum absolute atomic E-state index is 0.112. The van der Waals surface area contributed by atoms with Gasteiger partial charge in [-0.15, -0.1) is 0 Å². The van der Waals surface area contributed by atoms with Gasteiger partial charge in [0.15, 0.2) is 0 Å². The lowest BCUT2D eigenvalue weighted by atomic mass is 10.0. The molecule has 1 heterocycles. The van der Waals surface area contributed by atoms with Crippen molar-refractivity contribution in [2.75, 3.05) is 25.1 Å². The number of benzene rings is 2. The van der Waals surface area contributed by atoms with Gasteiger partial charge in [-0.1, -0.05) is 43.3 Å². The molecule has 6 heteroatoms. The van der Waals surface area contributed by atoms with E-state index in [4.69, 9.17) is 4.74 Å². The van der Waals surface area contributed by atoms with Crippen LogP contribution in [0.25, 0.3) is 0 Å². The Balaban J connectivity index is 1.90. The van der Waals surface area contributed by atoms with E-state index in [1.165, 1.54) is 4.90 Å². The van der Waals surface area contributed by atoms with Gasteiger partial charge in [0.2, 0.25) is 11.7 Å². The molecule has 2 aromatic carbocycles. The third kappa shape index (κ3) is 4.22. The minimum Gasteiger partial charge on any atom is -0.497 e. The second-order valence-electron chi connectivity index (χ2n) is 6.76. The molecule has 0 aliphatic carbocycles. The number of nitrogens with zero attached hydrogens (tertiary/aromatic N) is 2. The zero-order chi connectivity index (χ0) is 20.1. The predicted octanol–water partition coefficient (Wildman–Crippen LogP) is 2.46. The number of ether oxygens (including phenoxy) is 1. The Morgan fingerprint density at radius 3 is 2.54 bits per heavy atom.